The predicted molar refractivity (Wildman–Crippen MR) is 123 cm³/mol. The number of anilines is 2. The molecular weight excluding hydrogens is 412 g/mol. The van der Waals surface area contributed by atoms with E-state index >= 15 is 0 Å². The van der Waals surface area contributed by atoms with Gasteiger partial charge in [0, 0.05) is 41.2 Å². The van der Waals surface area contributed by atoms with E-state index < -0.39 is 17.7 Å². The fraction of sp³-hybridized carbons (Fsp3) is 0.174. The van der Waals surface area contributed by atoms with Crippen LogP contribution in [-0.4, -0.2) is 36.2 Å². The molecule has 1 aromatic heterocycles. The normalized spacial score (nSPS) is 13.8. The first-order chi connectivity index (χ1) is 14.9. The van der Waals surface area contributed by atoms with E-state index in [1.165, 1.54) is 17.4 Å². The van der Waals surface area contributed by atoms with E-state index in [0.717, 1.165) is 33.8 Å². The monoisotopic (exact) mass is 434 g/mol. The van der Waals surface area contributed by atoms with Gasteiger partial charge in [0.1, 0.15) is 5.00 Å². The van der Waals surface area contributed by atoms with Gasteiger partial charge in [-0.3, -0.25) is 14.4 Å². The number of nitrogens with zero attached hydrogens (tertiary/aromatic N) is 1. The molecule has 158 valence electrons. The van der Waals surface area contributed by atoms with Crippen LogP contribution in [0.2, 0.25) is 0 Å². The molecule has 1 aliphatic rings. The number of carbonyl (C=O) groups is 3. The Labute approximate surface area is 183 Å². The first kappa shape index (κ1) is 20.8. The van der Waals surface area contributed by atoms with E-state index in [0.29, 0.717) is 29.2 Å². The van der Waals surface area contributed by atoms with Gasteiger partial charge in [-0.25, -0.2) is 0 Å². The number of nitrogens with one attached hydrogen (secondary N) is 2. The molecule has 8 heteroatoms. The SMILES string of the molecule is CN1CCc2c(sc(NC(=O)/C=C\C(=O)Nc3cccc4ccccc34)c2C(N)=O)C1. The highest BCUT2D eigenvalue weighted by molar-refractivity contribution is 7.17. The average molecular weight is 435 g/mol. The second-order valence-electron chi connectivity index (χ2n) is 7.40. The zero-order valence-corrected chi connectivity index (χ0v) is 17.8. The highest BCUT2D eigenvalue weighted by Crippen LogP contribution is 2.36. The Balaban J connectivity index is 1.46. The molecule has 0 saturated carbocycles. The summed E-state index contributed by atoms with van der Waals surface area (Å²) in [6, 6.07) is 13.3. The van der Waals surface area contributed by atoms with Crippen molar-refractivity contribution >= 4 is 50.5 Å². The van der Waals surface area contributed by atoms with Crippen molar-refractivity contribution in [2.24, 2.45) is 5.73 Å². The summed E-state index contributed by atoms with van der Waals surface area (Å²) in [5.74, 6) is -1.48. The van der Waals surface area contributed by atoms with Crippen molar-refractivity contribution in [3.05, 3.63) is 70.6 Å². The number of primary amides is 1. The van der Waals surface area contributed by atoms with Gasteiger partial charge >= 0.3 is 0 Å². The summed E-state index contributed by atoms with van der Waals surface area (Å²) in [6.45, 7) is 1.53. The van der Waals surface area contributed by atoms with Gasteiger partial charge in [-0.2, -0.15) is 0 Å². The first-order valence-corrected chi connectivity index (χ1v) is 10.6. The van der Waals surface area contributed by atoms with Crippen LogP contribution in [0.4, 0.5) is 10.7 Å². The van der Waals surface area contributed by atoms with Crippen LogP contribution in [-0.2, 0) is 22.6 Å². The van der Waals surface area contributed by atoms with Crippen LogP contribution in [0.1, 0.15) is 20.8 Å². The number of nitrogens with two attached hydrogens (primary N) is 1. The van der Waals surface area contributed by atoms with Gasteiger partial charge in [0.15, 0.2) is 0 Å². The quantitative estimate of drug-likeness (QED) is 0.537. The van der Waals surface area contributed by atoms with Gasteiger partial charge in [0.25, 0.3) is 5.91 Å². The van der Waals surface area contributed by atoms with E-state index in [-0.39, 0.29) is 0 Å². The highest BCUT2D eigenvalue weighted by atomic mass is 32.1. The third-order valence-electron chi connectivity index (χ3n) is 5.16. The summed E-state index contributed by atoms with van der Waals surface area (Å²) >= 11 is 1.35. The van der Waals surface area contributed by atoms with Crippen molar-refractivity contribution in [3.8, 4) is 0 Å². The van der Waals surface area contributed by atoms with Crippen molar-refractivity contribution in [3.63, 3.8) is 0 Å². The van der Waals surface area contributed by atoms with Crippen LogP contribution in [0.5, 0.6) is 0 Å². The maximum Gasteiger partial charge on any atom is 0.251 e. The molecule has 4 N–H and O–H groups in total. The maximum atomic E-state index is 12.4. The van der Waals surface area contributed by atoms with Gasteiger partial charge < -0.3 is 21.3 Å². The minimum Gasteiger partial charge on any atom is -0.365 e. The predicted octanol–water partition coefficient (Wildman–Crippen LogP) is 3.12. The van der Waals surface area contributed by atoms with Crippen LogP contribution >= 0.6 is 11.3 Å². The number of amides is 3. The highest BCUT2D eigenvalue weighted by Gasteiger charge is 2.26. The number of fused-ring (bicyclic) bond motifs is 2. The van der Waals surface area contributed by atoms with Crippen LogP contribution in [0.15, 0.2) is 54.6 Å². The molecule has 0 unspecified atom stereocenters. The third-order valence-corrected chi connectivity index (χ3v) is 6.30. The van der Waals surface area contributed by atoms with Gasteiger partial charge in [-0.1, -0.05) is 36.4 Å². The zero-order chi connectivity index (χ0) is 22.0. The van der Waals surface area contributed by atoms with Gasteiger partial charge in [0.05, 0.1) is 5.56 Å². The van der Waals surface area contributed by atoms with Crippen LogP contribution in [0.25, 0.3) is 10.8 Å². The lowest BCUT2D eigenvalue weighted by molar-refractivity contribution is -0.114. The molecule has 3 amide bonds. The lowest BCUT2D eigenvalue weighted by Crippen LogP contribution is -2.27. The zero-order valence-electron chi connectivity index (χ0n) is 17.0. The number of hydrogen-bond donors (Lipinski definition) is 3. The smallest absolute Gasteiger partial charge is 0.251 e. The minimum absolute atomic E-state index is 0.370. The average Bonchev–Trinajstić information content (AvgIpc) is 3.09. The molecule has 3 aromatic rings. The van der Waals surface area contributed by atoms with Crippen molar-refractivity contribution in [1.29, 1.82) is 0 Å². The van der Waals surface area contributed by atoms with Gasteiger partial charge in [-0.15, -0.1) is 11.3 Å². The van der Waals surface area contributed by atoms with E-state index in [9.17, 15) is 14.4 Å². The summed E-state index contributed by atoms with van der Waals surface area (Å²) in [5, 5.41) is 7.85. The molecule has 7 nitrogen and oxygen atoms in total. The summed E-state index contributed by atoms with van der Waals surface area (Å²) in [6.07, 6.45) is 3.03. The van der Waals surface area contributed by atoms with Gasteiger partial charge in [0.2, 0.25) is 11.8 Å². The Morgan fingerprint density at radius 2 is 1.74 bits per heavy atom. The van der Waals surface area contributed by atoms with Crippen molar-refractivity contribution < 1.29 is 14.4 Å². The third kappa shape index (κ3) is 4.50. The molecule has 0 radical (unpaired) electrons. The molecule has 0 aliphatic carbocycles. The fourth-order valence-electron chi connectivity index (χ4n) is 3.69. The summed E-state index contributed by atoms with van der Waals surface area (Å²) in [5.41, 5.74) is 7.51. The van der Waals surface area contributed by atoms with Gasteiger partial charge in [-0.05, 0) is 30.5 Å². The molecule has 0 spiro atoms. The number of thiophene rings is 1. The molecule has 0 atom stereocenters. The molecule has 2 aromatic carbocycles. The van der Waals surface area contributed by atoms with Crippen LogP contribution in [0, 0.1) is 0 Å². The number of carbonyl (C=O) groups excluding carboxylic acids is 3. The molecule has 0 saturated heterocycles. The van der Waals surface area contributed by atoms with Crippen molar-refractivity contribution in [2.75, 3.05) is 24.2 Å². The lowest BCUT2D eigenvalue weighted by atomic mass is 10.0. The second kappa shape index (κ2) is 8.71. The number of rotatable bonds is 5. The largest absolute Gasteiger partial charge is 0.365 e. The Morgan fingerprint density at radius 1 is 1.03 bits per heavy atom. The standard InChI is InChI=1S/C23H22N4O3S/c1-27-12-11-16-18(13-27)31-23(21(16)22(24)30)26-20(29)10-9-19(28)25-17-8-4-6-14-5-2-3-7-15(14)17/h2-10H,11-13H2,1H3,(H2,24,30)(H,25,28)(H,26,29)/b10-9-. The summed E-state index contributed by atoms with van der Waals surface area (Å²) in [7, 11) is 2.00. The molecule has 0 bridgehead atoms. The topological polar surface area (TPSA) is 105 Å². The van der Waals surface area contributed by atoms with E-state index in [4.69, 9.17) is 5.73 Å². The Hall–Kier alpha value is -3.49. The van der Waals surface area contributed by atoms with Crippen LogP contribution in [0.3, 0.4) is 0 Å². The summed E-state index contributed by atoms with van der Waals surface area (Å²) < 4.78 is 0. The molecular formula is C23H22N4O3S. The number of likely N-dealkylation sites (N-methyl/N-ethyl adjacent to an activating group) is 1. The fourth-order valence-corrected chi connectivity index (χ4v) is 5.03. The Bertz CT molecular complexity index is 1210. The summed E-state index contributed by atoms with van der Waals surface area (Å²) in [4.78, 5) is 39.9. The lowest BCUT2D eigenvalue weighted by Gasteiger charge is -2.22. The number of benzene rings is 2. The van der Waals surface area contributed by atoms with E-state index in [1.54, 1.807) is 6.07 Å². The van der Waals surface area contributed by atoms with E-state index in [1.807, 2.05) is 43.4 Å². The molecule has 2 heterocycles. The Kier molecular flexibility index (Phi) is 5.83. The van der Waals surface area contributed by atoms with E-state index in [2.05, 4.69) is 15.5 Å². The Morgan fingerprint density at radius 3 is 2.52 bits per heavy atom. The second-order valence-corrected chi connectivity index (χ2v) is 8.50. The molecule has 0 fully saturated rings. The first-order valence-electron chi connectivity index (χ1n) is 9.83. The maximum absolute atomic E-state index is 12.4. The van der Waals surface area contributed by atoms with Crippen molar-refractivity contribution in [1.82, 2.24) is 4.90 Å². The molecule has 1 aliphatic heterocycles. The van der Waals surface area contributed by atoms with Crippen molar-refractivity contribution in [2.45, 2.75) is 13.0 Å². The van der Waals surface area contributed by atoms with Crippen LogP contribution < -0.4 is 16.4 Å². The molecule has 31 heavy (non-hydrogen) atoms. The molecule has 4 rings (SSSR count). The number of hydrogen-bond acceptors (Lipinski definition) is 5. The minimum atomic E-state index is -0.560.